The Hall–Kier alpha value is -1.22. The Morgan fingerprint density at radius 1 is 1.09 bits per heavy atom. The fraction of sp³-hybridized carbons (Fsp3) is 0.286. The van der Waals surface area contributed by atoms with Crippen LogP contribution in [0.1, 0.15) is 15.7 Å². The second-order valence-corrected chi connectivity index (χ2v) is 9.93. The van der Waals surface area contributed by atoms with Crippen molar-refractivity contribution in [2.24, 2.45) is 0 Å². The molecule has 0 bridgehead atoms. The van der Waals surface area contributed by atoms with E-state index in [9.17, 15) is 16.8 Å². The van der Waals surface area contributed by atoms with E-state index in [2.05, 4.69) is 4.72 Å². The molecule has 22 heavy (non-hydrogen) atoms. The van der Waals surface area contributed by atoms with Gasteiger partial charge in [-0.05, 0) is 30.5 Å². The van der Waals surface area contributed by atoms with Gasteiger partial charge in [0.15, 0.2) is 9.84 Å². The van der Waals surface area contributed by atoms with Crippen LogP contribution in [0, 0.1) is 6.92 Å². The molecule has 1 aromatic heterocycles. The van der Waals surface area contributed by atoms with E-state index in [0.717, 1.165) is 11.8 Å². The molecule has 2 rings (SSSR count). The van der Waals surface area contributed by atoms with Crippen LogP contribution >= 0.6 is 11.3 Å². The molecule has 0 aliphatic rings. The SMILES string of the molecule is Cc1ccc(S(=O)(=O)C(CNS(C)(=O)=O)c2cccs2)cc1. The van der Waals surface area contributed by atoms with Crippen molar-refractivity contribution < 1.29 is 16.8 Å². The Kier molecular flexibility index (Phi) is 5.06. The molecule has 0 saturated heterocycles. The average molecular weight is 359 g/mol. The van der Waals surface area contributed by atoms with Gasteiger partial charge >= 0.3 is 0 Å². The number of thiophene rings is 1. The zero-order valence-corrected chi connectivity index (χ0v) is 14.6. The molecule has 1 unspecified atom stereocenters. The van der Waals surface area contributed by atoms with Crippen LogP contribution in [-0.4, -0.2) is 29.6 Å². The molecule has 2 aromatic rings. The lowest BCUT2D eigenvalue weighted by molar-refractivity contribution is 0.572. The van der Waals surface area contributed by atoms with Gasteiger partial charge in [-0.25, -0.2) is 21.6 Å². The number of benzene rings is 1. The number of rotatable bonds is 6. The van der Waals surface area contributed by atoms with Crippen molar-refractivity contribution in [2.45, 2.75) is 17.1 Å². The van der Waals surface area contributed by atoms with Gasteiger partial charge in [-0.15, -0.1) is 11.3 Å². The third-order valence-corrected chi connectivity index (χ3v) is 7.04. The number of sulfone groups is 1. The first kappa shape index (κ1) is 17.1. The molecule has 1 aromatic carbocycles. The van der Waals surface area contributed by atoms with Crippen LogP contribution in [0.4, 0.5) is 0 Å². The van der Waals surface area contributed by atoms with Crippen molar-refractivity contribution in [3.05, 3.63) is 52.2 Å². The maximum atomic E-state index is 12.8. The predicted molar refractivity (Wildman–Crippen MR) is 88.3 cm³/mol. The van der Waals surface area contributed by atoms with Crippen molar-refractivity contribution in [2.75, 3.05) is 12.8 Å². The highest BCUT2D eigenvalue weighted by Crippen LogP contribution is 2.31. The molecule has 0 spiro atoms. The van der Waals surface area contributed by atoms with Gasteiger partial charge in [0, 0.05) is 11.4 Å². The summed E-state index contributed by atoms with van der Waals surface area (Å²) in [6.07, 6.45) is 1.01. The van der Waals surface area contributed by atoms with E-state index in [1.54, 1.807) is 41.8 Å². The van der Waals surface area contributed by atoms with Gasteiger partial charge < -0.3 is 0 Å². The number of sulfonamides is 1. The van der Waals surface area contributed by atoms with Gasteiger partial charge in [0.1, 0.15) is 5.25 Å². The van der Waals surface area contributed by atoms with Gasteiger partial charge in [0.25, 0.3) is 0 Å². The van der Waals surface area contributed by atoms with Crippen molar-refractivity contribution >= 4 is 31.2 Å². The summed E-state index contributed by atoms with van der Waals surface area (Å²) in [5.41, 5.74) is 0.959. The molecule has 0 radical (unpaired) electrons. The highest BCUT2D eigenvalue weighted by Gasteiger charge is 2.30. The van der Waals surface area contributed by atoms with Crippen molar-refractivity contribution in [1.29, 1.82) is 0 Å². The standard InChI is InChI=1S/C14H17NO4S3/c1-11-5-7-12(8-6-11)22(18,19)14(10-15-21(2,16)17)13-4-3-9-20-13/h3-9,14-15H,10H2,1-2H3. The van der Waals surface area contributed by atoms with E-state index in [1.807, 2.05) is 6.92 Å². The Morgan fingerprint density at radius 3 is 2.23 bits per heavy atom. The minimum absolute atomic E-state index is 0.185. The lowest BCUT2D eigenvalue weighted by Crippen LogP contribution is -2.30. The highest BCUT2D eigenvalue weighted by molar-refractivity contribution is 7.92. The summed E-state index contributed by atoms with van der Waals surface area (Å²) >= 11 is 1.29. The van der Waals surface area contributed by atoms with E-state index >= 15 is 0 Å². The summed E-state index contributed by atoms with van der Waals surface area (Å²) in [6, 6.07) is 9.99. The summed E-state index contributed by atoms with van der Waals surface area (Å²) in [7, 11) is -7.15. The smallest absolute Gasteiger partial charge is 0.208 e. The Bertz CT molecular complexity index is 823. The first-order valence-electron chi connectivity index (χ1n) is 6.49. The quantitative estimate of drug-likeness (QED) is 0.857. The molecular weight excluding hydrogens is 342 g/mol. The summed E-state index contributed by atoms with van der Waals surface area (Å²) in [4.78, 5) is 0.795. The fourth-order valence-electron chi connectivity index (χ4n) is 1.96. The third kappa shape index (κ3) is 4.16. The molecule has 0 saturated carbocycles. The second kappa shape index (κ2) is 6.49. The van der Waals surface area contributed by atoms with Crippen LogP contribution in [0.3, 0.4) is 0 Å². The third-order valence-electron chi connectivity index (χ3n) is 3.12. The largest absolute Gasteiger partial charge is 0.223 e. The summed E-state index contributed by atoms with van der Waals surface area (Å²) in [5, 5.41) is 0.831. The summed E-state index contributed by atoms with van der Waals surface area (Å²) in [6.45, 7) is 1.69. The normalized spacial score (nSPS) is 13.9. The van der Waals surface area contributed by atoms with E-state index in [1.165, 1.54) is 11.3 Å². The molecule has 1 heterocycles. The summed E-state index contributed by atoms with van der Waals surface area (Å²) < 4.78 is 50.6. The van der Waals surface area contributed by atoms with E-state index in [0.29, 0.717) is 4.88 Å². The fourth-order valence-corrected chi connectivity index (χ4v) is 5.32. The van der Waals surface area contributed by atoms with Crippen molar-refractivity contribution in [1.82, 2.24) is 4.72 Å². The van der Waals surface area contributed by atoms with Crippen LogP contribution in [0.5, 0.6) is 0 Å². The van der Waals surface area contributed by atoms with Crippen molar-refractivity contribution in [3.63, 3.8) is 0 Å². The molecule has 8 heteroatoms. The lowest BCUT2D eigenvalue weighted by Gasteiger charge is -2.17. The first-order valence-corrected chi connectivity index (χ1v) is 10.8. The van der Waals surface area contributed by atoms with Crippen LogP contribution in [0.15, 0.2) is 46.7 Å². The molecular formula is C14H17NO4S3. The van der Waals surface area contributed by atoms with Crippen molar-refractivity contribution in [3.8, 4) is 0 Å². The summed E-state index contributed by atoms with van der Waals surface area (Å²) in [5.74, 6) is 0. The second-order valence-electron chi connectivity index (χ2n) is 4.98. The maximum Gasteiger partial charge on any atom is 0.208 e. The number of aryl methyl sites for hydroxylation is 1. The zero-order valence-electron chi connectivity index (χ0n) is 12.2. The van der Waals surface area contributed by atoms with Crippen LogP contribution < -0.4 is 4.72 Å². The Labute approximate surface area is 135 Å². The molecule has 0 fully saturated rings. The molecule has 0 amide bonds. The van der Waals surface area contributed by atoms with Gasteiger partial charge in [0.05, 0.1) is 11.2 Å². The minimum atomic E-state index is -3.68. The molecule has 1 N–H and O–H groups in total. The molecule has 0 aliphatic carbocycles. The Balaban J connectivity index is 2.41. The monoisotopic (exact) mass is 359 g/mol. The van der Waals surface area contributed by atoms with Gasteiger partial charge in [0.2, 0.25) is 10.0 Å². The van der Waals surface area contributed by atoms with Crippen LogP contribution in [0.25, 0.3) is 0 Å². The molecule has 5 nitrogen and oxygen atoms in total. The molecule has 120 valence electrons. The number of hydrogen-bond donors (Lipinski definition) is 1. The maximum absolute atomic E-state index is 12.8. The van der Waals surface area contributed by atoms with Gasteiger partial charge in [-0.3, -0.25) is 0 Å². The van der Waals surface area contributed by atoms with Gasteiger partial charge in [-0.1, -0.05) is 23.8 Å². The lowest BCUT2D eigenvalue weighted by atomic mass is 10.2. The van der Waals surface area contributed by atoms with Crippen LogP contribution in [-0.2, 0) is 19.9 Å². The topological polar surface area (TPSA) is 80.3 Å². The van der Waals surface area contributed by atoms with E-state index < -0.39 is 25.1 Å². The number of nitrogens with one attached hydrogen (secondary N) is 1. The van der Waals surface area contributed by atoms with Gasteiger partial charge in [-0.2, -0.15) is 0 Å². The van der Waals surface area contributed by atoms with E-state index in [4.69, 9.17) is 0 Å². The highest BCUT2D eigenvalue weighted by atomic mass is 32.2. The molecule has 1 atom stereocenters. The minimum Gasteiger partial charge on any atom is -0.223 e. The first-order chi connectivity index (χ1) is 10.2. The number of hydrogen-bond acceptors (Lipinski definition) is 5. The average Bonchev–Trinajstić information content (AvgIpc) is 2.91. The van der Waals surface area contributed by atoms with E-state index in [-0.39, 0.29) is 11.4 Å². The Morgan fingerprint density at radius 2 is 1.73 bits per heavy atom. The van der Waals surface area contributed by atoms with Crippen LogP contribution in [0.2, 0.25) is 0 Å². The molecule has 0 aliphatic heterocycles. The zero-order chi connectivity index (χ0) is 16.4. The predicted octanol–water partition coefficient (Wildman–Crippen LogP) is 2.12.